The van der Waals surface area contributed by atoms with E-state index in [-0.39, 0.29) is 0 Å². The minimum Gasteiger partial charge on any atom is -0.330 e. The van der Waals surface area contributed by atoms with Crippen LogP contribution < -0.4 is 5.73 Å². The van der Waals surface area contributed by atoms with Gasteiger partial charge in [0.05, 0.1) is 0 Å². The first-order valence-electron chi connectivity index (χ1n) is 7.62. The van der Waals surface area contributed by atoms with E-state index >= 15 is 0 Å². The van der Waals surface area contributed by atoms with Crippen LogP contribution in [-0.2, 0) is 6.42 Å². The van der Waals surface area contributed by atoms with Gasteiger partial charge in [0.1, 0.15) is 0 Å². The molecule has 0 fully saturated rings. The predicted molar refractivity (Wildman–Crippen MR) is 91.6 cm³/mol. The molecule has 110 valence electrons. The van der Waals surface area contributed by atoms with Gasteiger partial charge in [-0.15, -0.1) is 0 Å². The molecule has 2 aromatic carbocycles. The molecule has 2 heteroatoms. The lowest BCUT2D eigenvalue weighted by Gasteiger charge is -2.15. The van der Waals surface area contributed by atoms with Crippen LogP contribution in [0.15, 0.2) is 79.0 Å². The third kappa shape index (κ3) is 3.41. The van der Waals surface area contributed by atoms with E-state index in [1.807, 2.05) is 30.5 Å². The summed E-state index contributed by atoms with van der Waals surface area (Å²) in [5.74, 6) is 0.316. The van der Waals surface area contributed by atoms with Crippen molar-refractivity contribution in [2.45, 2.75) is 12.3 Å². The van der Waals surface area contributed by atoms with Gasteiger partial charge in [-0.25, -0.2) is 0 Å². The summed E-state index contributed by atoms with van der Waals surface area (Å²) in [6.07, 6.45) is 2.82. The summed E-state index contributed by atoms with van der Waals surface area (Å²) in [6, 6.07) is 25.0. The zero-order chi connectivity index (χ0) is 15.2. The smallest absolute Gasteiger partial charge is 0.0410 e. The number of benzene rings is 2. The van der Waals surface area contributed by atoms with Crippen LogP contribution in [0.2, 0.25) is 0 Å². The molecule has 2 N–H and O–H groups in total. The fourth-order valence-corrected chi connectivity index (χ4v) is 2.66. The van der Waals surface area contributed by atoms with E-state index < -0.39 is 0 Å². The van der Waals surface area contributed by atoms with E-state index in [2.05, 4.69) is 53.5 Å². The van der Waals surface area contributed by atoms with Crippen molar-refractivity contribution in [3.05, 3.63) is 90.3 Å². The van der Waals surface area contributed by atoms with Gasteiger partial charge in [-0.2, -0.15) is 0 Å². The Morgan fingerprint density at radius 2 is 1.45 bits per heavy atom. The molecule has 1 aromatic heterocycles. The van der Waals surface area contributed by atoms with E-state index in [9.17, 15) is 0 Å². The molecule has 0 amide bonds. The number of aromatic nitrogens is 1. The van der Waals surface area contributed by atoms with Crippen molar-refractivity contribution in [3.8, 4) is 11.1 Å². The first kappa shape index (κ1) is 14.5. The van der Waals surface area contributed by atoms with Crippen molar-refractivity contribution in [2.24, 2.45) is 5.73 Å². The molecule has 0 aliphatic carbocycles. The van der Waals surface area contributed by atoms with Crippen molar-refractivity contribution in [2.75, 3.05) is 6.54 Å². The fourth-order valence-electron chi connectivity index (χ4n) is 2.66. The molecule has 3 aromatic rings. The Bertz CT molecular complexity index is 691. The lowest BCUT2D eigenvalue weighted by Crippen LogP contribution is -2.15. The highest BCUT2D eigenvalue weighted by atomic mass is 14.7. The number of hydrogen-bond acceptors (Lipinski definition) is 2. The summed E-state index contributed by atoms with van der Waals surface area (Å²) in [5, 5.41) is 0. The molecular weight excluding hydrogens is 268 g/mol. The fraction of sp³-hybridized carbons (Fsp3) is 0.150. The van der Waals surface area contributed by atoms with Gasteiger partial charge in [-0.1, -0.05) is 66.7 Å². The number of pyridine rings is 1. The summed E-state index contributed by atoms with van der Waals surface area (Å²) in [6.45, 7) is 0.631. The molecule has 0 radical (unpaired) electrons. The van der Waals surface area contributed by atoms with Crippen molar-refractivity contribution < 1.29 is 0 Å². The normalized spacial score (nSPS) is 12.0. The zero-order valence-electron chi connectivity index (χ0n) is 12.5. The van der Waals surface area contributed by atoms with Crippen LogP contribution in [0.1, 0.15) is 17.2 Å². The van der Waals surface area contributed by atoms with Gasteiger partial charge < -0.3 is 5.73 Å². The quantitative estimate of drug-likeness (QED) is 0.769. The molecule has 1 atom stereocenters. The largest absolute Gasteiger partial charge is 0.330 e. The summed E-state index contributed by atoms with van der Waals surface area (Å²) >= 11 is 0. The maximum absolute atomic E-state index is 5.95. The van der Waals surface area contributed by atoms with Crippen molar-refractivity contribution >= 4 is 0 Å². The number of nitrogens with zero attached hydrogens (tertiary/aromatic N) is 1. The van der Waals surface area contributed by atoms with Crippen LogP contribution in [0.5, 0.6) is 0 Å². The Morgan fingerprint density at radius 3 is 2.05 bits per heavy atom. The average molecular weight is 288 g/mol. The molecule has 3 rings (SSSR count). The Hall–Kier alpha value is -2.45. The summed E-state index contributed by atoms with van der Waals surface area (Å²) in [5.41, 5.74) is 10.6. The molecule has 0 bridgehead atoms. The monoisotopic (exact) mass is 288 g/mol. The minimum atomic E-state index is 0.316. The van der Waals surface area contributed by atoms with Gasteiger partial charge in [-0.3, -0.25) is 4.98 Å². The van der Waals surface area contributed by atoms with E-state index in [0.29, 0.717) is 12.5 Å². The molecule has 0 spiro atoms. The van der Waals surface area contributed by atoms with Crippen LogP contribution in [0.4, 0.5) is 0 Å². The topological polar surface area (TPSA) is 38.9 Å². The number of hydrogen-bond donors (Lipinski definition) is 1. The third-order valence-electron chi connectivity index (χ3n) is 3.94. The summed E-state index contributed by atoms with van der Waals surface area (Å²) in [4.78, 5) is 4.61. The van der Waals surface area contributed by atoms with Gasteiger partial charge >= 0.3 is 0 Å². The Labute approximate surface area is 131 Å². The van der Waals surface area contributed by atoms with Gasteiger partial charge in [-0.05, 0) is 30.2 Å². The second-order valence-electron chi connectivity index (χ2n) is 5.45. The second kappa shape index (κ2) is 7.01. The number of rotatable bonds is 5. The van der Waals surface area contributed by atoms with Crippen LogP contribution in [0.25, 0.3) is 11.1 Å². The molecule has 1 unspecified atom stereocenters. The first-order chi connectivity index (χ1) is 10.9. The molecule has 22 heavy (non-hydrogen) atoms. The van der Waals surface area contributed by atoms with Gasteiger partial charge in [0, 0.05) is 23.4 Å². The highest BCUT2D eigenvalue weighted by Crippen LogP contribution is 2.21. The Kier molecular flexibility index (Phi) is 4.62. The maximum Gasteiger partial charge on any atom is 0.0410 e. The Balaban J connectivity index is 1.76. The number of nitrogens with two attached hydrogens (primary N) is 1. The predicted octanol–water partition coefficient (Wildman–Crippen LogP) is 4.03. The SMILES string of the molecule is NCC(Cc1ccc(-c2ccccc2)cn1)c1ccccc1. The summed E-state index contributed by atoms with van der Waals surface area (Å²) < 4.78 is 0. The van der Waals surface area contributed by atoms with Gasteiger partial charge in [0.2, 0.25) is 0 Å². The average Bonchev–Trinajstić information content (AvgIpc) is 2.62. The molecule has 1 heterocycles. The van der Waals surface area contributed by atoms with E-state index in [4.69, 9.17) is 5.73 Å². The molecule has 0 aliphatic heterocycles. The Morgan fingerprint density at radius 1 is 0.773 bits per heavy atom. The lowest BCUT2D eigenvalue weighted by atomic mass is 9.94. The molecule has 2 nitrogen and oxygen atoms in total. The van der Waals surface area contributed by atoms with Crippen LogP contribution in [-0.4, -0.2) is 11.5 Å². The van der Waals surface area contributed by atoms with Gasteiger partial charge in [0.15, 0.2) is 0 Å². The minimum absolute atomic E-state index is 0.316. The molecule has 0 saturated carbocycles. The first-order valence-corrected chi connectivity index (χ1v) is 7.62. The van der Waals surface area contributed by atoms with Crippen molar-refractivity contribution in [3.63, 3.8) is 0 Å². The molecule has 0 aliphatic rings. The third-order valence-corrected chi connectivity index (χ3v) is 3.94. The van der Waals surface area contributed by atoms with Crippen molar-refractivity contribution in [1.29, 1.82) is 0 Å². The van der Waals surface area contributed by atoms with E-state index in [0.717, 1.165) is 17.7 Å². The van der Waals surface area contributed by atoms with Crippen LogP contribution in [0, 0.1) is 0 Å². The van der Waals surface area contributed by atoms with E-state index in [1.54, 1.807) is 0 Å². The van der Waals surface area contributed by atoms with Crippen LogP contribution in [0.3, 0.4) is 0 Å². The standard InChI is InChI=1S/C20H20N2/c21-14-19(17-9-5-2-6-10-17)13-20-12-11-18(15-22-20)16-7-3-1-4-8-16/h1-12,15,19H,13-14,21H2. The summed E-state index contributed by atoms with van der Waals surface area (Å²) in [7, 11) is 0. The highest BCUT2D eigenvalue weighted by Gasteiger charge is 2.11. The molecule has 0 saturated heterocycles. The molecular formula is C20H20N2. The van der Waals surface area contributed by atoms with Crippen molar-refractivity contribution in [1.82, 2.24) is 4.98 Å². The maximum atomic E-state index is 5.95. The van der Waals surface area contributed by atoms with E-state index in [1.165, 1.54) is 11.1 Å². The zero-order valence-corrected chi connectivity index (χ0v) is 12.5. The van der Waals surface area contributed by atoms with Crippen LogP contribution >= 0.6 is 0 Å². The van der Waals surface area contributed by atoms with Gasteiger partial charge in [0.25, 0.3) is 0 Å². The lowest BCUT2D eigenvalue weighted by molar-refractivity contribution is 0.682. The second-order valence-corrected chi connectivity index (χ2v) is 5.45. The highest BCUT2D eigenvalue weighted by molar-refractivity contribution is 5.62.